The predicted octanol–water partition coefficient (Wildman–Crippen LogP) is 3.00. The summed E-state index contributed by atoms with van der Waals surface area (Å²) in [7, 11) is 1.31. The van der Waals surface area contributed by atoms with Crippen molar-refractivity contribution in [2.45, 2.75) is 53.1 Å². The molecule has 0 aromatic heterocycles. The maximum Gasteiger partial charge on any atom is 0.411 e. The van der Waals surface area contributed by atoms with Crippen LogP contribution in [0.5, 0.6) is 0 Å². The lowest BCUT2D eigenvalue weighted by Crippen LogP contribution is -2.31. The van der Waals surface area contributed by atoms with E-state index in [9.17, 15) is 9.59 Å². The number of amides is 1. The number of allylic oxidation sites excluding steroid dienone is 1. The van der Waals surface area contributed by atoms with Crippen LogP contribution >= 0.6 is 0 Å². The fourth-order valence-corrected chi connectivity index (χ4v) is 0.865. The Morgan fingerprint density at radius 3 is 2.06 bits per heavy atom. The topological polar surface area (TPSA) is 64.6 Å². The molecule has 0 aromatic carbocycles. The Morgan fingerprint density at radius 1 is 1.17 bits per heavy atom. The van der Waals surface area contributed by atoms with Gasteiger partial charge in [-0.15, -0.1) is 0 Å². The van der Waals surface area contributed by atoms with E-state index in [1.54, 1.807) is 20.8 Å². The molecule has 0 rings (SSSR count). The van der Waals surface area contributed by atoms with Gasteiger partial charge in [0.25, 0.3) is 0 Å². The van der Waals surface area contributed by atoms with Crippen LogP contribution in [0.3, 0.4) is 0 Å². The highest BCUT2D eigenvalue weighted by molar-refractivity contribution is 5.71. The summed E-state index contributed by atoms with van der Waals surface area (Å²) in [6.07, 6.45) is -0.0424. The lowest BCUT2D eigenvalue weighted by atomic mass is 10.2. The smallest absolute Gasteiger partial charge is 0.411 e. The maximum atomic E-state index is 11.3. The van der Waals surface area contributed by atoms with Crippen LogP contribution < -0.4 is 5.32 Å². The van der Waals surface area contributed by atoms with Gasteiger partial charge in [-0.25, -0.2) is 4.79 Å². The van der Waals surface area contributed by atoms with Crippen molar-refractivity contribution in [3.63, 3.8) is 0 Å². The number of hydrogen-bond donors (Lipinski definition) is 1. The quantitative estimate of drug-likeness (QED) is 0.788. The van der Waals surface area contributed by atoms with Crippen molar-refractivity contribution in [1.82, 2.24) is 5.32 Å². The van der Waals surface area contributed by atoms with Gasteiger partial charge in [0.05, 0.1) is 13.5 Å². The molecule has 18 heavy (non-hydrogen) atoms. The van der Waals surface area contributed by atoms with Crippen LogP contribution in [0.25, 0.3) is 0 Å². The van der Waals surface area contributed by atoms with E-state index in [-0.39, 0.29) is 12.4 Å². The molecule has 0 aliphatic carbocycles. The Labute approximate surface area is 110 Å². The van der Waals surface area contributed by atoms with Crippen LogP contribution in [0.15, 0.2) is 12.3 Å². The first-order valence-electron chi connectivity index (χ1n) is 5.99. The summed E-state index contributed by atoms with van der Waals surface area (Å²) in [4.78, 5) is 22.1. The molecule has 0 aliphatic rings. The second-order valence-corrected chi connectivity index (χ2v) is 4.31. The molecule has 0 radical (unpaired) electrons. The first kappa shape index (κ1) is 18.8. The number of rotatable bonds is 4. The molecule has 0 fully saturated rings. The van der Waals surface area contributed by atoms with E-state index >= 15 is 0 Å². The summed E-state index contributed by atoms with van der Waals surface area (Å²) in [5.41, 5.74) is -0.119. The van der Waals surface area contributed by atoms with Crippen LogP contribution in [0.1, 0.15) is 47.5 Å². The van der Waals surface area contributed by atoms with E-state index in [0.29, 0.717) is 12.1 Å². The second kappa shape index (κ2) is 9.50. The Morgan fingerprint density at radius 2 is 1.67 bits per heavy atom. The molecule has 0 aromatic rings. The van der Waals surface area contributed by atoms with E-state index in [4.69, 9.17) is 4.74 Å². The molecular weight excluding hydrogens is 234 g/mol. The first-order valence-corrected chi connectivity index (χ1v) is 5.99. The van der Waals surface area contributed by atoms with Gasteiger partial charge in [-0.3, -0.25) is 10.1 Å². The van der Waals surface area contributed by atoms with E-state index in [1.807, 2.05) is 13.8 Å². The lowest BCUT2D eigenvalue weighted by Gasteiger charge is -2.20. The maximum absolute atomic E-state index is 11.3. The summed E-state index contributed by atoms with van der Waals surface area (Å²) in [6, 6.07) is 0. The fraction of sp³-hybridized carbons (Fsp3) is 0.692. The molecule has 0 saturated heterocycles. The van der Waals surface area contributed by atoms with Gasteiger partial charge in [-0.1, -0.05) is 20.4 Å². The number of nitrogens with one attached hydrogen (secondary N) is 1. The minimum Gasteiger partial charge on any atom is -0.469 e. The number of ether oxygens (including phenoxy) is 2. The summed E-state index contributed by atoms with van der Waals surface area (Å²) in [6.45, 7) is 12.9. The van der Waals surface area contributed by atoms with E-state index in [0.717, 1.165) is 0 Å². The summed E-state index contributed by atoms with van der Waals surface area (Å²) < 4.78 is 9.48. The normalized spacial score (nSPS) is 9.67. The minimum atomic E-state index is -0.567. The zero-order chi connectivity index (χ0) is 14.8. The van der Waals surface area contributed by atoms with Gasteiger partial charge < -0.3 is 9.47 Å². The third-order valence-electron chi connectivity index (χ3n) is 1.54. The number of methoxy groups -OCH3 is 1. The van der Waals surface area contributed by atoms with Crippen molar-refractivity contribution in [1.29, 1.82) is 0 Å². The molecule has 0 spiro atoms. The molecule has 0 aliphatic heterocycles. The third kappa shape index (κ3) is 12.5. The van der Waals surface area contributed by atoms with Crippen molar-refractivity contribution < 1.29 is 19.1 Å². The number of hydrogen-bond acceptors (Lipinski definition) is 4. The number of carbonyl (C=O) groups excluding carboxylic acids is 2. The third-order valence-corrected chi connectivity index (χ3v) is 1.54. The first-order chi connectivity index (χ1) is 8.24. The van der Waals surface area contributed by atoms with Crippen molar-refractivity contribution >= 4 is 12.1 Å². The Hall–Kier alpha value is -1.52. The largest absolute Gasteiger partial charge is 0.469 e. The number of esters is 1. The average molecular weight is 259 g/mol. The zero-order valence-electron chi connectivity index (χ0n) is 12.3. The van der Waals surface area contributed by atoms with Crippen LogP contribution in [-0.4, -0.2) is 24.8 Å². The molecule has 5 heteroatoms. The van der Waals surface area contributed by atoms with Crippen molar-refractivity contribution in [2.24, 2.45) is 0 Å². The van der Waals surface area contributed by atoms with Gasteiger partial charge >= 0.3 is 12.1 Å². The van der Waals surface area contributed by atoms with Gasteiger partial charge in [-0.2, -0.15) is 0 Å². The van der Waals surface area contributed by atoms with E-state index < -0.39 is 11.7 Å². The highest BCUT2D eigenvalue weighted by Gasteiger charge is 2.16. The molecular formula is C13H25NO4. The molecule has 0 bridgehead atoms. The van der Waals surface area contributed by atoms with Crippen molar-refractivity contribution in [3.05, 3.63) is 12.3 Å². The number of alkyl carbamates (subject to hydrolysis) is 1. The van der Waals surface area contributed by atoms with Gasteiger partial charge in [-0.05, 0) is 27.2 Å². The lowest BCUT2D eigenvalue weighted by molar-refractivity contribution is -0.140. The number of carbonyl (C=O) groups is 2. The van der Waals surface area contributed by atoms with E-state index in [1.165, 1.54) is 7.11 Å². The SMILES string of the molecule is C=C(CCC(=O)OC)NC(=O)OC(C)(C)C.CC. The van der Waals surface area contributed by atoms with Gasteiger partial charge in [0.1, 0.15) is 5.60 Å². The summed E-state index contributed by atoms with van der Waals surface area (Å²) in [5.74, 6) is -0.341. The summed E-state index contributed by atoms with van der Waals surface area (Å²) in [5, 5.41) is 2.45. The highest BCUT2D eigenvalue weighted by Crippen LogP contribution is 2.08. The van der Waals surface area contributed by atoms with Gasteiger partial charge in [0.2, 0.25) is 0 Å². The van der Waals surface area contributed by atoms with Gasteiger partial charge in [0, 0.05) is 5.70 Å². The molecule has 0 unspecified atom stereocenters. The fourth-order valence-electron chi connectivity index (χ4n) is 0.865. The minimum absolute atomic E-state index is 0.186. The Balaban J connectivity index is 0. The Bertz CT molecular complexity index is 279. The second-order valence-electron chi connectivity index (χ2n) is 4.31. The molecule has 0 heterocycles. The molecule has 106 valence electrons. The molecule has 0 saturated carbocycles. The zero-order valence-corrected chi connectivity index (χ0v) is 12.3. The average Bonchev–Trinajstić information content (AvgIpc) is 2.25. The van der Waals surface area contributed by atoms with Crippen LogP contribution in [0.4, 0.5) is 4.79 Å². The van der Waals surface area contributed by atoms with E-state index in [2.05, 4.69) is 16.6 Å². The molecule has 5 nitrogen and oxygen atoms in total. The van der Waals surface area contributed by atoms with Crippen molar-refractivity contribution in [3.8, 4) is 0 Å². The Kier molecular flexibility index (Phi) is 9.94. The van der Waals surface area contributed by atoms with Gasteiger partial charge in [0.15, 0.2) is 0 Å². The molecule has 1 N–H and O–H groups in total. The molecule has 1 amide bonds. The van der Waals surface area contributed by atoms with Crippen LogP contribution in [-0.2, 0) is 14.3 Å². The van der Waals surface area contributed by atoms with Crippen LogP contribution in [0, 0.1) is 0 Å². The van der Waals surface area contributed by atoms with Crippen LogP contribution in [0.2, 0.25) is 0 Å². The predicted molar refractivity (Wildman–Crippen MR) is 71.1 cm³/mol. The highest BCUT2D eigenvalue weighted by atomic mass is 16.6. The monoisotopic (exact) mass is 259 g/mol. The van der Waals surface area contributed by atoms with Crippen molar-refractivity contribution in [2.75, 3.05) is 7.11 Å². The summed E-state index contributed by atoms with van der Waals surface area (Å²) >= 11 is 0. The standard InChI is InChI=1S/C11H19NO4.C2H6/c1-8(6-7-9(13)15-5)12-10(14)16-11(2,3)4;1-2/h1,6-7H2,2-5H3,(H,12,14);1-2H3. The molecule has 0 atom stereocenters.